The maximum Gasteiger partial charge on any atom is 0.278 e. The highest BCUT2D eigenvalue weighted by molar-refractivity contribution is 8.00. The van der Waals surface area contributed by atoms with E-state index in [9.17, 15) is 24.7 Å². The number of oxime groups is 1. The van der Waals surface area contributed by atoms with E-state index in [0.717, 1.165) is 28.5 Å². The summed E-state index contributed by atoms with van der Waals surface area (Å²) in [6.07, 6.45) is 5.87. The number of hydrogen-bond acceptors (Lipinski definition) is 12. The number of anilines is 1. The summed E-state index contributed by atoms with van der Waals surface area (Å²) >= 11 is 2.12. The van der Waals surface area contributed by atoms with Crippen molar-refractivity contribution >= 4 is 51.9 Å². The number of aliphatic carboxylic acids is 1. The molecule has 1 saturated heterocycles. The Labute approximate surface area is 195 Å². The van der Waals surface area contributed by atoms with Gasteiger partial charge in [0.25, 0.3) is 11.8 Å². The number of nitrogens with zero attached hydrogens (tertiary/aromatic N) is 6. The number of hydrogen-bond donors (Lipinski definition) is 3. The number of carbonyl (C=O) groups excluding carboxylic acids is 3. The van der Waals surface area contributed by atoms with Crippen LogP contribution in [0.15, 0.2) is 35.0 Å². The molecule has 2 aliphatic rings. The van der Waals surface area contributed by atoms with E-state index in [1.807, 2.05) is 13.1 Å². The van der Waals surface area contributed by atoms with Crippen LogP contribution in [-0.4, -0.2) is 65.1 Å². The number of nitrogen functional groups attached to an aromatic ring is 1. The highest BCUT2D eigenvalue weighted by Crippen LogP contribution is 2.40. The Bertz CT molecular complexity index is 1200. The number of nitrogens with one attached hydrogen (secondary N) is 1. The van der Waals surface area contributed by atoms with Gasteiger partial charge in [0.05, 0.1) is 17.9 Å². The molecular weight excluding hydrogens is 472 g/mol. The van der Waals surface area contributed by atoms with Crippen LogP contribution in [0, 0.1) is 0 Å². The van der Waals surface area contributed by atoms with E-state index in [0.29, 0.717) is 11.3 Å². The lowest BCUT2D eigenvalue weighted by molar-refractivity contribution is -0.689. The molecule has 4 heterocycles. The van der Waals surface area contributed by atoms with Crippen LogP contribution in [0.25, 0.3) is 0 Å². The van der Waals surface area contributed by atoms with Crippen LogP contribution in [0.2, 0.25) is 0 Å². The maximum absolute atomic E-state index is 12.8. The first-order chi connectivity index (χ1) is 15.8. The van der Waals surface area contributed by atoms with Crippen LogP contribution < -0.4 is 20.7 Å². The smallest absolute Gasteiger partial charge is 0.278 e. The fourth-order valence-electron chi connectivity index (χ4n) is 3.51. The molecule has 0 bridgehead atoms. The Balaban J connectivity index is 1.53. The van der Waals surface area contributed by atoms with Gasteiger partial charge in [-0.2, -0.15) is 13.9 Å². The second kappa shape index (κ2) is 9.11. The van der Waals surface area contributed by atoms with E-state index in [-0.39, 0.29) is 23.2 Å². The van der Waals surface area contributed by atoms with Crippen molar-refractivity contribution in [3.63, 3.8) is 0 Å². The van der Waals surface area contributed by atoms with E-state index in [4.69, 9.17) is 5.73 Å². The molecule has 2 atom stereocenters. The van der Waals surface area contributed by atoms with Crippen molar-refractivity contribution in [3.05, 3.63) is 41.4 Å². The molecule has 172 valence electrons. The summed E-state index contributed by atoms with van der Waals surface area (Å²) in [6, 6.07) is -1.02. The molecule has 2 aromatic rings. The molecule has 4 N–H and O–H groups in total. The molecule has 0 aliphatic carbocycles. The Morgan fingerprint density at radius 2 is 2.27 bits per heavy atom. The zero-order valence-electron chi connectivity index (χ0n) is 17.2. The molecule has 2 aromatic heterocycles. The number of thioether (sulfide) groups is 1. The Kier molecular flexibility index (Phi) is 6.24. The zero-order chi connectivity index (χ0) is 23.7. The Morgan fingerprint density at radius 1 is 1.48 bits per heavy atom. The molecule has 1 unspecified atom stereocenters. The summed E-state index contributed by atoms with van der Waals surface area (Å²) in [5.41, 5.74) is 6.12. The largest absolute Gasteiger partial charge is 0.543 e. The van der Waals surface area contributed by atoms with Crippen molar-refractivity contribution in [2.45, 2.75) is 31.3 Å². The van der Waals surface area contributed by atoms with E-state index in [1.165, 1.54) is 11.8 Å². The first-order valence-electron chi connectivity index (χ1n) is 9.68. The van der Waals surface area contributed by atoms with Gasteiger partial charge in [0.1, 0.15) is 17.1 Å². The standard InChI is InChI=1S/C18H18N8O5S2/c1-2-9-6-25(4-3-20-9)5-8-7-32-16-11(15(28)26(16)12(8)17(29)30)21-14(27)10(23-31)13-22-18(19)33-24-13/h3-4,6,11,16H,2,5,7H2,1H3,(H4-,19,21,22,24,27,29,30,31)/t11?,16-/m0/s1. The van der Waals surface area contributed by atoms with Crippen LogP contribution in [0.5, 0.6) is 0 Å². The van der Waals surface area contributed by atoms with Gasteiger partial charge >= 0.3 is 0 Å². The number of nitrogens with two attached hydrogens (primary N) is 1. The third-order valence-electron chi connectivity index (χ3n) is 5.04. The lowest BCUT2D eigenvalue weighted by Gasteiger charge is -2.50. The van der Waals surface area contributed by atoms with E-state index in [2.05, 4.69) is 24.8 Å². The summed E-state index contributed by atoms with van der Waals surface area (Å²) in [7, 11) is 0. The Hall–Kier alpha value is -3.59. The molecule has 0 saturated carbocycles. The molecule has 1 fully saturated rings. The van der Waals surface area contributed by atoms with Gasteiger partial charge < -0.3 is 26.2 Å². The molecule has 13 nitrogen and oxygen atoms in total. The summed E-state index contributed by atoms with van der Waals surface area (Å²) in [6.45, 7) is 2.21. The number of carboxylic acids is 1. The number of aryl methyl sites for hydroxylation is 1. The molecule has 33 heavy (non-hydrogen) atoms. The normalized spacial score (nSPS) is 20.3. The summed E-state index contributed by atoms with van der Waals surface area (Å²) in [5.74, 6) is -2.85. The van der Waals surface area contributed by atoms with Gasteiger partial charge in [-0.3, -0.25) is 14.5 Å². The van der Waals surface area contributed by atoms with Crippen LogP contribution in [0.1, 0.15) is 18.4 Å². The number of aromatic nitrogens is 4. The van der Waals surface area contributed by atoms with Crippen molar-refractivity contribution < 1.29 is 29.3 Å². The third kappa shape index (κ3) is 4.23. The van der Waals surface area contributed by atoms with Crippen LogP contribution in [-0.2, 0) is 27.3 Å². The lowest BCUT2D eigenvalue weighted by Crippen LogP contribution is -2.71. The molecule has 2 aliphatic heterocycles. The SMILES string of the molecule is CCc1c[n+](CC2=C(C(=O)[O-])N3C(=O)C(NC(=O)C(=NO)c4nsc(N)n4)[C@@H]3SC2)ccn1. The predicted molar refractivity (Wildman–Crippen MR) is 114 cm³/mol. The molecule has 0 aromatic carbocycles. The fourth-order valence-corrected chi connectivity index (χ4v) is 5.28. The third-order valence-corrected chi connectivity index (χ3v) is 6.93. The number of β-lactam (4-membered cyclic amide) rings is 1. The second-order valence-corrected chi connectivity index (χ2v) is 8.97. The molecular formula is C18H18N8O5S2. The number of amides is 2. The van der Waals surface area contributed by atoms with Crippen molar-refractivity contribution in [3.8, 4) is 0 Å². The number of rotatable bonds is 7. The van der Waals surface area contributed by atoms with Crippen molar-refractivity contribution in [1.82, 2.24) is 24.6 Å². The van der Waals surface area contributed by atoms with Crippen LogP contribution >= 0.6 is 23.3 Å². The monoisotopic (exact) mass is 490 g/mol. The molecule has 4 rings (SSSR count). The molecule has 0 radical (unpaired) electrons. The van der Waals surface area contributed by atoms with Gasteiger partial charge in [0.2, 0.25) is 11.5 Å². The quantitative estimate of drug-likeness (QED) is 0.124. The van der Waals surface area contributed by atoms with Crippen molar-refractivity contribution in [1.29, 1.82) is 0 Å². The molecule has 2 amide bonds. The minimum atomic E-state index is -1.47. The average Bonchev–Trinajstić information content (AvgIpc) is 3.23. The van der Waals surface area contributed by atoms with Crippen LogP contribution in [0.4, 0.5) is 5.13 Å². The van der Waals surface area contributed by atoms with E-state index in [1.54, 1.807) is 17.0 Å². The van der Waals surface area contributed by atoms with Crippen molar-refractivity contribution in [2.24, 2.45) is 5.16 Å². The lowest BCUT2D eigenvalue weighted by atomic mass is 10.0. The fraction of sp³-hybridized carbons (Fsp3) is 0.333. The summed E-state index contributed by atoms with van der Waals surface area (Å²) in [4.78, 5) is 46.4. The summed E-state index contributed by atoms with van der Waals surface area (Å²) in [5, 5.41) is 25.9. The first kappa shape index (κ1) is 22.6. The first-order valence-corrected chi connectivity index (χ1v) is 11.5. The molecule has 15 heteroatoms. The number of fused-ring (bicyclic) bond motifs is 1. The minimum absolute atomic E-state index is 0.0714. The highest BCUT2D eigenvalue weighted by Gasteiger charge is 2.53. The van der Waals surface area contributed by atoms with Gasteiger partial charge in [0, 0.05) is 22.9 Å². The van der Waals surface area contributed by atoms with Gasteiger partial charge in [0.15, 0.2) is 24.1 Å². The van der Waals surface area contributed by atoms with E-state index < -0.39 is 34.9 Å². The summed E-state index contributed by atoms with van der Waals surface area (Å²) < 4.78 is 5.61. The zero-order valence-corrected chi connectivity index (χ0v) is 18.8. The minimum Gasteiger partial charge on any atom is -0.543 e. The van der Waals surface area contributed by atoms with Gasteiger partial charge in [-0.05, 0) is 6.42 Å². The topological polar surface area (TPSA) is 191 Å². The van der Waals surface area contributed by atoms with E-state index >= 15 is 0 Å². The van der Waals surface area contributed by atoms with Gasteiger partial charge in [-0.1, -0.05) is 12.1 Å². The highest BCUT2D eigenvalue weighted by atomic mass is 32.2. The number of carbonyl (C=O) groups is 3. The molecule has 0 spiro atoms. The van der Waals surface area contributed by atoms with Crippen molar-refractivity contribution in [2.75, 3.05) is 11.5 Å². The van der Waals surface area contributed by atoms with Gasteiger partial charge in [-0.15, -0.1) is 11.8 Å². The predicted octanol–water partition coefficient (Wildman–Crippen LogP) is -2.35. The Morgan fingerprint density at radius 3 is 2.91 bits per heavy atom. The second-order valence-electron chi connectivity index (χ2n) is 7.08. The maximum atomic E-state index is 12.8. The average molecular weight is 491 g/mol. The van der Waals surface area contributed by atoms with Gasteiger partial charge in [-0.25, -0.2) is 4.98 Å². The number of carboxylic acid groups (broad SMARTS) is 1. The van der Waals surface area contributed by atoms with Crippen LogP contribution in [0.3, 0.4) is 0 Å².